The quantitative estimate of drug-likeness (QED) is 0.633. The van der Waals surface area contributed by atoms with Crippen LogP contribution in [-0.4, -0.2) is 53.8 Å². The van der Waals surface area contributed by atoms with Gasteiger partial charge in [-0.2, -0.15) is 0 Å². The fraction of sp³-hybridized carbons (Fsp3) is 0.316. The summed E-state index contributed by atoms with van der Waals surface area (Å²) in [6.07, 6.45) is 1.74. The van der Waals surface area contributed by atoms with E-state index in [-0.39, 0.29) is 27.3 Å². The van der Waals surface area contributed by atoms with Crippen molar-refractivity contribution in [1.29, 1.82) is 0 Å². The molecule has 0 atom stereocenters. The van der Waals surface area contributed by atoms with Gasteiger partial charge >= 0.3 is 0 Å². The van der Waals surface area contributed by atoms with E-state index in [1.54, 1.807) is 24.4 Å². The van der Waals surface area contributed by atoms with Crippen molar-refractivity contribution in [3.05, 3.63) is 36.5 Å². The zero-order valence-corrected chi connectivity index (χ0v) is 18.5. The first-order valence-electron chi connectivity index (χ1n) is 8.86. The predicted molar refractivity (Wildman–Crippen MR) is 117 cm³/mol. The number of hydrogen-bond acceptors (Lipinski definition) is 8. The first-order valence-corrected chi connectivity index (χ1v) is 11.2. The lowest BCUT2D eigenvalue weighted by molar-refractivity contribution is 0.386. The summed E-state index contributed by atoms with van der Waals surface area (Å²) in [6, 6.07) is 8.30. The standard InChI is InChI=1S/C19H21N3O4S2.ClH/c1-25-13-3-4-17(15(11-13)26-2)28(23,24)18-12-14-16(27-18)5-6-21-19(14)22-9-7-20-8-10-22;/h3-6,11-12,20H,7-10H2,1-2H3;1H. The number of piperazine rings is 1. The number of pyridine rings is 1. The van der Waals surface area contributed by atoms with Crippen LogP contribution in [0.2, 0.25) is 0 Å². The lowest BCUT2D eigenvalue weighted by Crippen LogP contribution is -2.43. The molecular weight excluding hydrogens is 434 g/mol. The second kappa shape index (κ2) is 8.74. The maximum atomic E-state index is 13.3. The molecule has 10 heteroatoms. The highest BCUT2D eigenvalue weighted by atomic mass is 35.5. The molecule has 0 bridgehead atoms. The van der Waals surface area contributed by atoms with E-state index in [2.05, 4.69) is 15.2 Å². The summed E-state index contributed by atoms with van der Waals surface area (Å²) in [5.74, 6) is 1.63. The van der Waals surface area contributed by atoms with E-state index in [9.17, 15) is 8.42 Å². The molecule has 0 radical (unpaired) electrons. The first-order chi connectivity index (χ1) is 13.5. The number of thiophene rings is 1. The van der Waals surface area contributed by atoms with Gasteiger partial charge in [0.25, 0.3) is 0 Å². The van der Waals surface area contributed by atoms with E-state index in [4.69, 9.17) is 9.47 Å². The Bertz CT molecular complexity index is 1110. The zero-order chi connectivity index (χ0) is 19.7. The Hall–Kier alpha value is -2.07. The third-order valence-corrected chi connectivity index (χ3v) is 8.11. The first kappa shape index (κ1) is 21.6. The predicted octanol–water partition coefficient (Wildman–Crippen LogP) is 2.98. The van der Waals surface area contributed by atoms with Gasteiger partial charge in [-0.3, -0.25) is 0 Å². The van der Waals surface area contributed by atoms with Gasteiger partial charge in [-0.25, -0.2) is 13.4 Å². The number of ether oxygens (including phenoxy) is 2. The number of rotatable bonds is 5. The molecule has 0 amide bonds. The molecule has 1 saturated heterocycles. The van der Waals surface area contributed by atoms with Crippen molar-refractivity contribution in [1.82, 2.24) is 10.3 Å². The van der Waals surface area contributed by atoms with E-state index >= 15 is 0 Å². The molecule has 0 spiro atoms. The van der Waals surface area contributed by atoms with Crippen LogP contribution in [0.25, 0.3) is 10.1 Å². The van der Waals surface area contributed by atoms with Crippen LogP contribution in [0.1, 0.15) is 0 Å². The second-order valence-corrected chi connectivity index (χ2v) is 9.60. The van der Waals surface area contributed by atoms with Crippen molar-refractivity contribution in [3.63, 3.8) is 0 Å². The van der Waals surface area contributed by atoms with Crippen molar-refractivity contribution in [2.45, 2.75) is 9.10 Å². The number of halogens is 1. The lowest BCUT2D eigenvalue weighted by atomic mass is 10.2. The molecule has 1 N–H and O–H groups in total. The van der Waals surface area contributed by atoms with Crippen LogP contribution < -0.4 is 19.7 Å². The number of fused-ring (bicyclic) bond motifs is 1. The highest BCUT2D eigenvalue weighted by Crippen LogP contribution is 2.39. The lowest BCUT2D eigenvalue weighted by Gasteiger charge is -2.28. The van der Waals surface area contributed by atoms with Gasteiger partial charge in [0.2, 0.25) is 9.84 Å². The number of nitrogens with zero attached hydrogens (tertiary/aromatic N) is 2. The Balaban J connectivity index is 0.00000240. The van der Waals surface area contributed by atoms with Gasteiger partial charge in [-0.15, -0.1) is 23.7 Å². The molecule has 0 aliphatic carbocycles. The maximum Gasteiger partial charge on any atom is 0.219 e. The molecule has 0 saturated carbocycles. The van der Waals surface area contributed by atoms with Crippen LogP contribution >= 0.6 is 23.7 Å². The Morgan fingerprint density at radius 1 is 1.10 bits per heavy atom. The summed E-state index contributed by atoms with van der Waals surface area (Å²) in [5, 5.41) is 4.18. The van der Waals surface area contributed by atoms with E-state index in [0.717, 1.165) is 42.1 Å². The summed E-state index contributed by atoms with van der Waals surface area (Å²) in [7, 11) is -0.760. The second-order valence-electron chi connectivity index (χ2n) is 6.37. The summed E-state index contributed by atoms with van der Waals surface area (Å²) in [5.41, 5.74) is 0. The van der Waals surface area contributed by atoms with E-state index in [1.165, 1.54) is 31.6 Å². The highest BCUT2D eigenvalue weighted by molar-refractivity contribution is 7.93. The van der Waals surface area contributed by atoms with Crippen LogP contribution in [0.5, 0.6) is 11.5 Å². The average Bonchev–Trinajstić information content (AvgIpc) is 3.19. The Labute approximate surface area is 180 Å². The number of hydrogen-bond donors (Lipinski definition) is 1. The monoisotopic (exact) mass is 455 g/mol. The molecule has 1 aromatic carbocycles. The van der Waals surface area contributed by atoms with Crippen LogP contribution in [0, 0.1) is 0 Å². The fourth-order valence-electron chi connectivity index (χ4n) is 3.29. The summed E-state index contributed by atoms with van der Waals surface area (Å²) < 4.78 is 38.3. The van der Waals surface area contributed by atoms with E-state index in [1.807, 2.05) is 6.07 Å². The summed E-state index contributed by atoms with van der Waals surface area (Å²) in [6.45, 7) is 3.46. The van der Waals surface area contributed by atoms with Gasteiger partial charge in [0.05, 0.1) is 14.2 Å². The summed E-state index contributed by atoms with van der Waals surface area (Å²) in [4.78, 5) is 6.84. The number of sulfone groups is 1. The zero-order valence-electron chi connectivity index (χ0n) is 16.0. The van der Waals surface area contributed by atoms with Gasteiger partial charge in [0.1, 0.15) is 26.4 Å². The third kappa shape index (κ3) is 4.00. The van der Waals surface area contributed by atoms with Crippen LogP contribution in [0.4, 0.5) is 5.82 Å². The van der Waals surface area contributed by atoms with Crippen molar-refractivity contribution in [2.24, 2.45) is 0 Å². The topological polar surface area (TPSA) is 80.8 Å². The average molecular weight is 456 g/mol. The fourth-order valence-corrected chi connectivity index (χ4v) is 6.20. The molecule has 1 fully saturated rings. The SMILES string of the molecule is COc1ccc(S(=O)(=O)c2cc3c(N4CCNCC4)nccc3s2)c(OC)c1.Cl. The number of aromatic nitrogens is 1. The number of benzene rings is 1. The van der Waals surface area contributed by atoms with Crippen molar-refractivity contribution in [2.75, 3.05) is 45.3 Å². The highest BCUT2D eigenvalue weighted by Gasteiger charge is 2.26. The van der Waals surface area contributed by atoms with Gasteiger partial charge in [0, 0.05) is 48.5 Å². The Kier molecular flexibility index (Phi) is 6.52. The van der Waals surface area contributed by atoms with Crippen molar-refractivity contribution >= 4 is 49.5 Å². The van der Waals surface area contributed by atoms with Crippen molar-refractivity contribution in [3.8, 4) is 11.5 Å². The molecule has 0 unspecified atom stereocenters. The van der Waals surface area contributed by atoms with Gasteiger partial charge in [-0.05, 0) is 24.3 Å². The largest absolute Gasteiger partial charge is 0.497 e. The molecule has 4 rings (SSSR count). The minimum atomic E-state index is -3.74. The molecule has 7 nitrogen and oxygen atoms in total. The van der Waals surface area contributed by atoms with E-state index < -0.39 is 9.84 Å². The minimum Gasteiger partial charge on any atom is -0.497 e. The molecule has 3 heterocycles. The minimum absolute atomic E-state index is 0. The van der Waals surface area contributed by atoms with Crippen LogP contribution in [-0.2, 0) is 9.84 Å². The number of anilines is 1. The molecule has 3 aromatic rings. The maximum absolute atomic E-state index is 13.3. The normalized spacial score (nSPS) is 14.5. The van der Waals surface area contributed by atoms with Crippen LogP contribution in [0.15, 0.2) is 45.6 Å². The molecule has 156 valence electrons. The molecular formula is C19H22ClN3O4S2. The Morgan fingerprint density at radius 3 is 2.55 bits per heavy atom. The number of nitrogens with one attached hydrogen (secondary N) is 1. The third-order valence-electron chi connectivity index (χ3n) is 4.74. The molecule has 2 aromatic heterocycles. The number of methoxy groups -OCH3 is 2. The van der Waals surface area contributed by atoms with Gasteiger partial charge < -0.3 is 19.7 Å². The Morgan fingerprint density at radius 2 is 1.86 bits per heavy atom. The molecule has 1 aliphatic heterocycles. The van der Waals surface area contributed by atoms with Gasteiger partial charge in [0.15, 0.2) is 0 Å². The van der Waals surface area contributed by atoms with E-state index in [0.29, 0.717) is 5.75 Å². The smallest absolute Gasteiger partial charge is 0.219 e. The van der Waals surface area contributed by atoms with Gasteiger partial charge in [-0.1, -0.05) is 0 Å². The van der Waals surface area contributed by atoms with Crippen LogP contribution in [0.3, 0.4) is 0 Å². The van der Waals surface area contributed by atoms with Crippen molar-refractivity contribution < 1.29 is 17.9 Å². The molecule has 29 heavy (non-hydrogen) atoms. The summed E-state index contributed by atoms with van der Waals surface area (Å²) >= 11 is 1.25. The molecule has 1 aliphatic rings.